The van der Waals surface area contributed by atoms with Gasteiger partial charge in [-0.25, -0.2) is 14.4 Å². The van der Waals surface area contributed by atoms with E-state index in [1.165, 1.54) is 6.08 Å². The zero-order valence-corrected chi connectivity index (χ0v) is 19.6. The van der Waals surface area contributed by atoms with Crippen LogP contribution in [0.25, 0.3) is 0 Å². The summed E-state index contributed by atoms with van der Waals surface area (Å²) in [5.41, 5.74) is -0.972. The Kier molecular flexibility index (Phi) is 9.90. The highest BCUT2D eigenvalue weighted by Crippen LogP contribution is 2.47. The van der Waals surface area contributed by atoms with E-state index in [0.717, 1.165) is 12.5 Å². The van der Waals surface area contributed by atoms with Crippen LogP contribution in [0.3, 0.4) is 0 Å². The Morgan fingerprint density at radius 1 is 1.06 bits per heavy atom. The standard InChI is InChI=1S/C23H37NO7/c1-9-19(25)28-13-14-29-21(27)17(6)31-24-22(7,11-3)15-18(30-20(26)10-2)16(5)23(24,8)12-4/h9-10,16-18H,1-2,11-15H2,3-8H3. The molecule has 1 heterocycles. The average Bonchev–Trinajstić information content (AvgIpc) is 2.76. The highest BCUT2D eigenvalue weighted by atomic mass is 16.7. The minimum absolute atomic E-state index is 0.0532. The van der Waals surface area contributed by atoms with Crippen molar-refractivity contribution < 1.29 is 33.4 Å². The van der Waals surface area contributed by atoms with Crippen LogP contribution in [-0.2, 0) is 33.4 Å². The van der Waals surface area contributed by atoms with Gasteiger partial charge in [-0.2, -0.15) is 5.06 Å². The van der Waals surface area contributed by atoms with E-state index in [2.05, 4.69) is 13.2 Å². The van der Waals surface area contributed by atoms with Crippen LogP contribution in [0.4, 0.5) is 0 Å². The van der Waals surface area contributed by atoms with Crippen molar-refractivity contribution in [1.82, 2.24) is 5.06 Å². The third-order valence-corrected chi connectivity index (χ3v) is 6.38. The van der Waals surface area contributed by atoms with Gasteiger partial charge in [-0.1, -0.05) is 33.9 Å². The van der Waals surface area contributed by atoms with Crippen LogP contribution in [0.2, 0.25) is 0 Å². The van der Waals surface area contributed by atoms with Crippen LogP contribution in [0.1, 0.15) is 60.8 Å². The molecule has 0 amide bonds. The summed E-state index contributed by atoms with van der Waals surface area (Å²) in [5.74, 6) is -1.63. The topological polar surface area (TPSA) is 91.4 Å². The molecule has 0 aliphatic carbocycles. The summed E-state index contributed by atoms with van der Waals surface area (Å²) in [6.07, 6.45) is 3.03. The van der Waals surface area contributed by atoms with E-state index in [0.29, 0.717) is 12.8 Å². The summed E-state index contributed by atoms with van der Waals surface area (Å²) in [5, 5.41) is 1.90. The minimum atomic E-state index is -0.869. The first-order chi connectivity index (χ1) is 14.5. The van der Waals surface area contributed by atoms with Crippen LogP contribution >= 0.6 is 0 Å². The normalized spacial score (nSPS) is 29.5. The van der Waals surface area contributed by atoms with E-state index in [4.69, 9.17) is 19.0 Å². The molecule has 0 aromatic heterocycles. The molecule has 8 nitrogen and oxygen atoms in total. The van der Waals surface area contributed by atoms with Gasteiger partial charge in [0, 0.05) is 35.6 Å². The Hall–Kier alpha value is -2.19. The van der Waals surface area contributed by atoms with E-state index >= 15 is 0 Å². The number of carbonyl (C=O) groups excluding carboxylic acids is 3. The van der Waals surface area contributed by atoms with Gasteiger partial charge in [0.05, 0.1) is 0 Å². The highest BCUT2D eigenvalue weighted by Gasteiger charge is 2.55. The molecule has 5 atom stereocenters. The summed E-state index contributed by atoms with van der Waals surface area (Å²) >= 11 is 0. The molecule has 176 valence electrons. The maximum atomic E-state index is 12.4. The zero-order valence-electron chi connectivity index (χ0n) is 19.6. The van der Waals surface area contributed by atoms with Crippen molar-refractivity contribution >= 4 is 17.9 Å². The number of esters is 3. The molecule has 1 fully saturated rings. The number of hydrogen-bond donors (Lipinski definition) is 0. The summed E-state index contributed by atoms with van der Waals surface area (Å²) in [6.45, 7) is 18.5. The van der Waals surface area contributed by atoms with Gasteiger partial charge in [-0.05, 0) is 33.6 Å². The van der Waals surface area contributed by atoms with Gasteiger partial charge in [0.15, 0.2) is 6.10 Å². The Balaban J connectivity index is 2.95. The van der Waals surface area contributed by atoms with Crippen LogP contribution in [0.5, 0.6) is 0 Å². The molecule has 0 bridgehead atoms. The quantitative estimate of drug-likeness (QED) is 0.209. The molecule has 0 N–H and O–H groups in total. The first-order valence-electron chi connectivity index (χ1n) is 10.7. The SMILES string of the molecule is C=CC(=O)OCCOC(=O)C(C)ON1C(C)(CC)CC(OC(=O)C=C)C(C)C1(C)CC. The van der Waals surface area contributed by atoms with E-state index in [9.17, 15) is 14.4 Å². The van der Waals surface area contributed by atoms with Crippen molar-refractivity contribution in [1.29, 1.82) is 0 Å². The van der Waals surface area contributed by atoms with E-state index in [1.54, 1.807) is 6.92 Å². The predicted molar refractivity (Wildman–Crippen MR) is 116 cm³/mol. The summed E-state index contributed by atoms with van der Waals surface area (Å²) < 4.78 is 15.6. The lowest BCUT2D eigenvalue weighted by molar-refractivity contribution is -0.331. The first kappa shape index (κ1) is 26.8. The van der Waals surface area contributed by atoms with Gasteiger partial charge < -0.3 is 14.2 Å². The molecule has 0 saturated carbocycles. The second kappa shape index (κ2) is 11.4. The number of ether oxygens (including phenoxy) is 3. The molecular weight excluding hydrogens is 402 g/mol. The second-order valence-corrected chi connectivity index (χ2v) is 8.31. The number of nitrogens with zero attached hydrogens (tertiary/aromatic N) is 1. The molecule has 1 aliphatic heterocycles. The lowest BCUT2D eigenvalue weighted by atomic mass is 9.69. The fourth-order valence-electron chi connectivity index (χ4n) is 3.90. The van der Waals surface area contributed by atoms with Crippen molar-refractivity contribution in [3.63, 3.8) is 0 Å². The first-order valence-corrected chi connectivity index (χ1v) is 10.7. The van der Waals surface area contributed by atoms with Gasteiger partial charge in [-0.3, -0.25) is 4.84 Å². The van der Waals surface area contributed by atoms with Gasteiger partial charge in [0.1, 0.15) is 19.3 Å². The van der Waals surface area contributed by atoms with E-state index in [1.807, 2.05) is 39.7 Å². The Bertz CT molecular complexity index is 679. The fourth-order valence-corrected chi connectivity index (χ4v) is 3.90. The number of carbonyl (C=O) groups is 3. The molecule has 0 radical (unpaired) electrons. The molecule has 1 saturated heterocycles. The number of rotatable bonds is 11. The van der Waals surface area contributed by atoms with Crippen molar-refractivity contribution in [3.05, 3.63) is 25.3 Å². The predicted octanol–water partition coefficient (Wildman–Crippen LogP) is 3.36. The molecule has 1 aliphatic rings. The minimum Gasteiger partial charge on any atom is -0.460 e. The van der Waals surface area contributed by atoms with Crippen LogP contribution in [0, 0.1) is 5.92 Å². The van der Waals surface area contributed by atoms with Gasteiger partial charge in [0.25, 0.3) is 0 Å². The third kappa shape index (κ3) is 6.40. The lowest BCUT2D eigenvalue weighted by Gasteiger charge is -2.59. The third-order valence-electron chi connectivity index (χ3n) is 6.38. The molecule has 0 aromatic rings. The molecule has 8 heteroatoms. The number of hydrogen-bond acceptors (Lipinski definition) is 8. The van der Waals surface area contributed by atoms with E-state index < -0.39 is 35.1 Å². The largest absolute Gasteiger partial charge is 0.460 e. The Labute approximate surface area is 185 Å². The fraction of sp³-hybridized carbons (Fsp3) is 0.696. The van der Waals surface area contributed by atoms with Crippen molar-refractivity contribution in [2.45, 2.75) is 84.1 Å². The second-order valence-electron chi connectivity index (χ2n) is 8.31. The smallest absolute Gasteiger partial charge is 0.337 e. The molecule has 0 spiro atoms. The lowest BCUT2D eigenvalue weighted by Crippen LogP contribution is -2.68. The maximum absolute atomic E-state index is 12.4. The molecule has 0 aromatic carbocycles. The van der Waals surface area contributed by atoms with Crippen LogP contribution in [0.15, 0.2) is 25.3 Å². The van der Waals surface area contributed by atoms with Gasteiger partial charge >= 0.3 is 17.9 Å². The van der Waals surface area contributed by atoms with Crippen LogP contribution in [-0.4, -0.2) is 59.5 Å². The Morgan fingerprint density at radius 2 is 1.65 bits per heavy atom. The van der Waals surface area contributed by atoms with Gasteiger partial charge in [0.2, 0.25) is 0 Å². The van der Waals surface area contributed by atoms with Crippen molar-refractivity contribution in [2.75, 3.05) is 13.2 Å². The number of hydroxylamine groups is 2. The molecular formula is C23H37NO7. The van der Waals surface area contributed by atoms with E-state index in [-0.39, 0.29) is 25.2 Å². The summed E-state index contributed by atoms with van der Waals surface area (Å²) in [7, 11) is 0. The van der Waals surface area contributed by atoms with Crippen LogP contribution < -0.4 is 0 Å². The number of piperidine rings is 1. The highest BCUT2D eigenvalue weighted by molar-refractivity contribution is 5.81. The Morgan fingerprint density at radius 3 is 2.16 bits per heavy atom. The van der Waals surface area contributed by atoms with Gasteiger partial charge in [-0.15, -0.1) is 0 Å². The average molecular weight is 440 g/mol. The maximum Gasteiger partial charge on any atom is 0.337 e. The zero-order chi connectivity index (χ0) is 23.8. The van der Waals surface area contributed by atoms with Crippen molar-refractivity contribution in [3.8, 4) is 0 Å². The van der Waals surface area contributed by atoms with Crippen molar-refractivity contribution in [2.24, 2.45) is 5.92 Å². The summed E-state index contributed by atoms with van der Waals surface area (Å²) in [4.78, 5) is 41.6. The monoisotopic (exact) mass is 439 g/mol. The molecule has 31 heavy (non-hydrogen) atoms. The molecule has 5 unspecified atom stereocenters. The molecule has 1 rings (SSSR count). The summed E-state index contributed by atoms with van der Waals surface area (Å²) in [6, 6.07) is 0.